The topological polar surface area (TPSA) is 53.1 Å². The van der Waals surface area contributed by atoms with Gasteiger partial charge < -0.3 is 5.73 Å². The summed E-state index contributed by atoms with van der Waals surface area (Å²) in [4.78, 5) is 2.57. The van der Waals surface area contributed by atoms with Crippen molar-refractivity contribution < 1.29 is 0 Å². The van der Waals surface area contributed by atoms with Crippen LogP contribution in [0.2, 0.25) is 0 Å². The van der Waals surface area contributed by atoms with Crippen LogP contribution < -0.4 is 5.73 Å². The van der Waals surface area contributed by atoms with Gasteiger partial charge in [0.05, 0.1) is 0 Å². The Balaban J connectivity index is 1.99. The van der Waals surface area contributed by atoms with Crippen LogP contribution in [0, 0.1) is 17.7 Å². The van der Waals surface area contributed by atoms with E-state index in [-0.39, 0.29) is 5.84 Å². The minimum absolute atomic E-state index is 0.151. The molecule has 1 aromatic carbocycles. The molecule has 0 radical (unpaired) electrons. The summed E-state index contributed by atoms with van der Waals surface area (Å²) in [7, 11) is 0. The second-order valence-corrected chi connectivity index (χ2v) is 6.54. The van der Waals surface area contributed by atoms with Crippen molar-refractivity contribution >= 4 is 5.84 Å². The number of nitrogens with two attached hydrogens (primary N) is 1. The van der Waals surface area contributed by atoms with Crippen molar-refractivity contribution in [2.75, 3.05) is 13.1 Å². The molecule has 0 atom stereocenters. The van der Waals surface area contributed by atoms with Crippen molar-refractivity contribution in [2.45, 2.75) is 53.0 Å². The largest absolute Gasteiger partial charge is 0.384 e. The van der Waals surface area contributed by atoms with Crippen LogP contribution in [-0.4, -0.2) is 23.8 Å². The smallest absolute Gasteiger partial charge is 0.122 e. The molecule has 3 heteroatoms. The highest BCUT2D eigenvalue weighted by Crippen LogP contribution is 2.38. The minimum Gasteiger partial charge on any atom is -0.384 e. The van der Waals surface area contributed by atoms with Gasteiger partial charge in [0.2, 0.25) is 0 Å². The number of nitrogen functional groups attached to an aromatic ring is 1. The number of nitrogens with zero attached hydrogens (tertiary/aromatic N) is 1. The van der Waals surface area contributed by atoms with Gasteiger partial charge in [0, 0.05) is 12.1 Å². The van der Waals surface area contributed by atoms with Crippen molar-refractivity contribution in [3.63, 3.8) is 0 Å². The predicted molar refractivity (Wildman–Crippen MR) is 89.7 cm³/mol. The fourth-order valence-electron chi connectivity index (χ4n) is 3.42. The van der Waals surface area contributed by atoms with Gasteiger partial charge in [-0.1, -0.05) is 38.8 Å². The Morgan fingerprint density at radius 1 is 1.24 bits per heavy atom. The van der Waals surface area contributed by atoms with Crippen LogP contribution in [0.3, 0.4) is 0 Å². The summed E-state index contributed by atoms with van der Waals surface area (Å²) in [5.41, 5.74) is 9.57. The lowest BCUT2D eigenvalue weighted by atomic mass is 9.74. The molecule has 1 aliphatic heterocycles. The van der Waals surface area contributed by atoms with Gasteiger partial charge in [-0.3, -0.25) is 10.3 Å². The third-order valence-corrected chi connectivity index (χ3v) is 5.46. The van der Waals surface area contributed by atoms with E-state index in [1.807, 2.05) is 12.1 Å². The minimum atomic E-state index is 0.151. The summed E-state index contributed by atoms with van der Waals surface area (Å²) in [5.74, 6) is 0.151. The number of rotatable bonds is 5. The van der Waals surface area contributed by atoms with E-state index in [0.29, 0.717) is 5.41 Å². The van der Waals surface area contributed by atoms with Gasteiger partial charge in [0.1, 0.15) is 5.84 Å². The van der Waals surface area contributed by atoms with Crippen molar-refractivity contribution in [2.24, 2.45) is 11.1 Å². The lowest BCUT2D eigenvalue weighted by Gasteiger charge is -2.41. The molecule has 1 aromatic rings. The molecule has 1 saturated heterocycles. The van der Waals surface area contributed by atoms with Crippen LogP contribution in [-0.2, 0) is 6.54 Å². The van der Waals surface area contributed by atoms with Gasteiger partial charge in [0.15, 0.2) is 0 Å². The summed E-state index contributed by atoms with van der Waals surface area (Å²) in [6, 6.07) is 6.13. The molecule has 2 rings (SSSR count). The standard InChI is InChI=1S/C18H29N3/c1-4-18(5-2)8-10-21(11-9-18)13-16-7-6-15(17(19)20)12-14(16)3/h6-7,12H,4-5,8-11,13H2,1-3H3,(H3,19,20). The first-order chi connectivity index (χ1) is 9.99. The number of nitrogens with one attached hydrogen (secondary N) is 1. The zero-order valence-electron chi connectivity index (χ0n) is 13.7. The third kappa shape index (κ3) is 3.65. The first-order valence-electron chi connectivity index (χ1n) is 8.16. The van der Waals surface area contributed by atoms with Crippen molar-refractivity contribution in [1.82, 2.24) is 4.90 Å². The molecule has 116 valence electrons. The molecule has 3 nitrogen and oxygen atoms in total. The first kappa shape index (κ1) is 16.0. The number of piperidine rings is 1. The van der Waals surface area contributed by atoms with Gasteiger partial charge in [-0.25, -0.2) is 0 Å². The molecule has 0 saturated carbocycles. The van der Waals surface area contributed by atoms with E-state index in [1.165, 1.54) is 49.9 Å². The van der Waals surface area contributed by atoms with Crippen molar-refractivity contribution in [3.05, 3.63) is 34.9 Å². The van der Waals surface area contributed by atoms with E-state index in [9.17, 15) is 0 Å². The predicted octanol–water partition coefficient (Wildman–Crippen LogP) is 3.68. The van der Waals surface area contributed by atoms with Crippen LogP contribution >= 0.6 is 0 Å². The van der Waals surface area contributed by atoms with Gasteiger partial charge in [-0.05, 0) is 55.5 Å². The van der Waals surface area contributed by atoms with Crippen LogP contribution in [0.5, 0.6) is 0 Å². The summed E-state index contributed by atoms with van der Waals surface area (Å²) in [6.45, 7) is 10.2. The van der Waals surface area contributed by atoms with E-state index in [2.05, 4.69) is 31.7 Å². The maximum absolute atomic E-state index is 7.51. The molecule has 0 amide bonds. The van der Waals surface area contributed by atoms with Gasteiger partial charge >= 0.3 is 0 Å². The first-order valence-corrected chi connectivity index (χ1v) is 8.16. The average molecular weight is 287 g/mol. The fourth-order valence-corrected chi connectivity index (χ4v) is 3.42. The van der Waals surface area contributed by atoms with E-state index < -0.39 is 0 Å². The Morgan fingerprint density at radius 3 is 2.33 bits per heavy atom. The Morgan fingerprint density at radius 2 is 1.86 bits per heavy atom. The number of hydrogen-bond donors (Lipinski definition) is 2. The van der Waals surface area contributed by atoms with Crippen LogP contribution in [0.4, 0.5) is 0 Å². The Bertz CT molecular complexity index is 493. The molecular weight excluding hydrogens is 258 g/mol. The summed E-state index contributed by atoms with van der Waals surface area (Å²) in [5, 5.41) is 7.51. The van der Waals surface area contributed by atoms with Crippen LogP contribution in [0.15, 0.2) is 18.2 Å². The SMILES string of the molecule is CCC1(CC)CCN(Cc2ccc(C(=N)N)cc2C)CC1. The Kier molecular flexibility index (Phi) is 5.04. The molecule has 0 aliphatic carbocycles. The number of hydrogen-bond acceptors (Lipinski definition) is 2. The molecular formula is C18H29N3. The lowest BCUT2D eigenvalue weighted by molar-refractivity contribution is 0.0908. The fraction of sp³-hybridized carbons (Fsp3) is 0.611. The highest BCUT2D eigenvalue weighted by atomic mass is 15.1. The zero-order chi connectivity index (χ0) is 15.5. The summed E-state index contributed by atoms with van der Waals surface area (Å²) >= 11 is 0. The number of likely N-dealkylation sites (tertiary alicyclic amines) is 1. The molecule has 0 aromatic heterocycles. The highest BCUT2D eigenvalue weighted by molar-refractivity contribution is 5.95. The van der Waals surface area contributed by atoms with Crippen LogP contribution in [0.1, 0.15) is 56.2 Å². The molecule has 1 aliphatic rings. The third-order valence-electron chi connectivity index (χ3n) is 5.46. The van der Waals surface area contributed by atoms with Gasteiger partial charge in [-0.15, -0.1) is 0 Å². The van der Waals surface area contributed by atoms with Crippen molar-refractivity contribution in [3.8, 4) is 0 Å². The van der Waals surface area contributed by atoms with E-state index >= 15 is 0 Å². The second kappa shape index (κ2) is 6.61. The van der Waals surface area contributed by atoms with E-state index in [4.69, 9.17) is 11.1 Å². The van der Waals surface area contributed by atoms with E-state index in [1.54, 1.807) is 0 Å². The highest BCUT2D eigenvalue weighted by Gasteiger charge is 2.31. The number of amidine groups is 1. The van der Waals surface area contributed by atoms with Crippen LogP contribution in [0.25, 0.3) is 0 Å². The Labute approximate surface area is 129 Å². The molecule has 1 heterocycles. The van der Waals surface area contributed by atoms with E-state index in [0.717, 1.165) is 12.1 Å². The molecule has 3 N–H and O–H groups in total. The van der Waals surface area contributed by atoms with Gasteiger partial charge in [0.25, 0.3) is 0 Å². The Hall–Kier alpha value is -1.35. The monoisotopic (exact) mass is 287 g/mol. The number of aryl methyl sites for hydroxylation is 1. The quantitative estimate of drug-likeness (QED) is 0.641. The average Bonchev–Trinajstić information content (AvgIpc) is 2.50. The second-order valence-electron chi connectivity index (χ2n) is 6.54. The maximum Gasteiger partial charge on any atom is 0.122 e. The molecule has 1 fully saturated rings. The number of benzene rings is 1. The summed E-state index contributed by atoms with van der Waals surface area (Å²) < 4.78 is 0. The maximum atomic E-state index is 7.51. The lowest BCUT2D eigenvalue weighted by Crippen LogP contribution is -2.39. The zero-order valence-corrected chi connectivity index (χ0v) is 13.7. The molecule has 0 unspecified atom stereocenters. The molecule has 21 heavy (non-hydrogen) atoms. The van der Waals surface area contributed by atoms with Gasteiger partial charge in [-0.2, -0.15) is 0 Å². The normalized spacial score (nSPS) is 18.6. The summed E-state index contributed by atoms with van der Waals surface area (Å²) in [6.07, 6.45) is 5.27. The van der Waals surface area contributed by atoms with Crippen molar-refractivity contribution in [1.29, 1.82) is 5.41 Å². The molecule has 0 bridgehead atoms. The molecule has 0 spiro atoms.